The lowest BCUT2D eigenvalue weighted by atomic mass is 10.1. The highest BCUT2D eigenvalue weighted by molar-refractivity contribution is 7.92. The van der Waals surface area contributed by atoms with Gasteiger partial charge in [-0.25, -0.2) is 13.2 Å². The van der Waals surface area contributed by atoms with Crippen molar-refractivity contribution in [2.24, 2.45) is 0 Å². The minimum Gasteiger partial charge on any atom is -0.466 e. The van der Waals surface area contributed by atoms with E-state index in [1.165, 1.54) is 10.4 Å². The smallest absolute Gasteiger partial charge is 0.338 e. The lowest BCUT2D eigenvalue weighted by Crippen LogP contribution is -2.34. The zero-order valence-electron chi connectivity index (χ0n) is 16.8. The minimum absolute atomic E-state index is 0.200. The monoisotopic (exact) mass is 426 g/mol. The first-order valence-corrected chi connectivity index (χ1v) is 11.2. The van der Waals surface area contributed by atoms with Crippen LogP contribution < -0.4 is 9.62 Å². The van der Waals surface area contributed by atoms with Gasteiger partial charge in [0, 0.05) is 19.0 Å². The summed E-state index contributed by atoms with van der Waals surface area (Å²) in [6.45, 7) is 3.66. The molecule has 29 heavy (non-hydrogen) atoms. The molecule has 1 aliphatic heterocycles. The molecule has 2 rings (SSSR count). The molecule has 1 aromatic rings. The summed E-state index contributed by atoms with van der Waals surface area (Å²) < 4.78 is 35.0. The van der Waals surface area contributed by atoms with Gasteiger partial charge in [-0.15, -0.1) is 0 Å². The van der Waals surface area contributed by atoms with E-state index < -0.39 is 28.5 Å². The summed E-state index contributed by atoms with van der Waals surface area (Å²) >= 11 is 0. The number of anilines is 1. The van der Waals surface area contributed by atoms with Crippen molar-refractivity contribution in [1.82, 2.24) is 5.32 Å². The zero-order valence-corrected chi connectivity index (χ0v) is 17.6. The first-order chi connectivity index (χ1) is 13.6. The van der Waals surface area contributed by atoms with Crippen LogP contribution in [0.15, 0.2) is 18.2 Å². The number of esters is 2. The Balaban J connectivity index is 1.84. The molecule has 0 bridgehead atoms. The van der Waals surface area contributed by atoms with Gasteiger partial charge in [0.1, 0.15) is 0 Å². The Morgan fingerprint density at radius 2 is 1.97 bits per heavy atom. The van der Waals surface area contributed by atoms with Gasteiger partial charge in [-0.2, -0.15) is 0 Å². The lowest BCUT2D eigenvalue weighted by molar-refractivity contribution is -0.143. The van der Waals surface area contributed by atoms with Gasteiger partial charge in [0.05, 0.1) is 24.1 Å². The highest BCUT2D eigenvalue weighted by Crippen LogP contribution is 2.34. The van der Waals surface area contributed by atoms with Crippen LogP contribution in [0, 0.1) is 0 Å². The molecule has 0 fully saturated rings. The fourth-order valence-corrected chi connectivity index (χ4v) is 4.46. The topological polar surface area (TPSA) is 119 Å². The van der Waals surface area contributed by atoms with Gasteiger partial charge in [0.25, 0.3) is 5.91 Å². The molecule has 1 heterocycles. The maximum atomic E-state index is 12.2. The van der Waals surface area contributed by atoms with Crippen molar-refractivity contribution in [2.45, 2.75) is 39.2 Å². The fraction of sp³-hybridized carbons (Fsp3) is 0.526. The Hall–Kier alpha value is -2.62. The van der Waals surface area contributed by atoms with Crippen molar-refractivity contribution in [1.29, 1.82) is 0 Å². The van der Waals surface area contributed by atoms with Gasteiger partial charge in [0.15, 0.2) is 6.61 Å². The number of nitrogens with zero attached hydrogens (tertiary/aromatic N) is 1. The molecule has 1 unspecified atom stereocenters. The molecule has 1 atom stereocenters. The molecule has 1 aromatic carbocycles. The number of hydrogen-bond acceptors (Lipinski definition) is 7. The van der Waals surface area contributed by atoms with E-state index in [9.17, 15) is 22.8 Å². The fourth-order valence-electron chi connectivity index (χ4n) is 3.19. The number of hydrogen-bond donors (Lipinski definition) is 1. The van der Waals surface area contributed by atoms with E-state index in [0.29, 0.717) is 25.1 Å². The van der Waals surface area contributed by atoms with Crippen LogP contribution in [0.2, 0.25) is 0 Å². The quantitative estimate of drug-likeness (QED) is 0.462. The summed E-state index contributed by atoms with van der Waals surface area (Å²) in [4.78, 5) is 35.2. The van der Waals surface area contributed by atoms with Gasteiger partial charge in [0.2, 0.25) is 10.0 Å². The molecule has 1 N–H and O–H groups in total. The van der Waals surface area contributed by atoms with Crippen molar-refractivity contribution < 1.29 is 32.3 Å². The third-order valence-electron chi connectivity index (χ3n) is 4.35. The Kier molecular flexibility index (Phi) is 7.60. The summed E-state index contributed by atoms with van der Waals surface area (Å²) in [7, 11) is -3.40. The SMILES string of the molecule is CCOC(=O)CCCNC(=O)COC(=O)c1ccc2c(c1)CC(C)N2S(C)(=O)=O. The van der Waals surface area contributed by atoms with E-state index in [1.54, 1.807) is 26.0 Å². The summed E-state index contributed by atoms with van der Waals surface area (Å²) in [5.74, 6) is -1.46. The predicted octanol–water partition coefficient (Wildman–Crippen LogP) is 1.01. The predicted molar refractivity (Wildman–Crippen MR) is 106 cm³/mol. The maximum absolute atomic E-state index is 12.2. The Morgan fingerprint density at radius 1 is 1.24 bits per heavy atom. The molecule has 0 radical (unpaired) electrons. The number of carbonyl (C=O) groups is 3. The molecule has 1 aliphatic rings. The zero-order chi connectivity index (χ0) is 21.6. The summed E-state index contributed by atoms with van der Waals surface area (Å²) in [5.41, 5.74) is 1.54. The number of sulfonamides is 1. The first-order valence-electron chi connectivity index (χ1n) is 9.35. The molecule has 0 spiro atoms. The highest BCUT2D eigenvalue weighted by atomic mass is 32.2. The summed E-state index contributed by atoms with van der Waals surface area (Å²) in [5, 5.41) is 2.56. The van der Waals surface area contributed by atoms with Gasteiger partial charge in [-0.3, -0.25) is 13.9 Å². The Bertz CT molecular complexity index is 883. The van der Waals surface area contributed by atoms with Gasteiger partial charge >= 0.3 is 11.9 Å². The van der Waals surface area contributed by atoms with E-state index in [4.69, 9.17) is 9.47 Å². The molecular formula is C19H26N2O7S. The number of benzene rings is 1. The number of rotatable bonds is 9. The van der Waals surface area contributed by atoms with Gasteiger partial charge in [-0.05, 0) is 50.5 Å². The van der Waals surface area contributed by atoms with E-state index in [-0.39, 0.29) is 30.5 Å². The molecule has 0 saturated carbocycles. The molecular weight excluding hydrogens is 400 g/mol. The number of carbonyl (C=O) groups excluding carboxylic acids is 3. The Morgan fingerprint density at radius 3 is 2.62 bits per heavy atom. The van der Waals surface area contributed by atoms with Crippen molar-refractivity contribution in [3.8, 4) is 0 Å². The molecule has 10 heteroatoms. The summed E-state index contributed by atoms with van der Waals surface area (Å²) in [6, 6.07) is 4.42. The average molecular weight is 426 g/mol. The molecule has 0 saturated heterocycles. The van der Waals surface area contributed by atoms with Crippen molar-refractivity contribution >= 4 is 33.6 Å². The van der Waals surface area contributed by atoms with Crippen molar-refractivity contribution in [3.63, 3.8) is 0 Å². The van der Waals surface area contributed by atoms with Gasteiger partial charge < -0.3 is 14.8 Å². The van der Waals surface area contributed by atoms with Crippen molar-refractivity contribution in [3.05, 3.63) is 29.3 Å². The van der Waals surface area contributed by atoms with E-state index >= 15 is 0 Å². The summed E-state index contributed by atoms with van der Waals surface area (Å²) in [6.07, 6.45) is 2.26. The van der Waals surface area contributed by atoms with Crippen LogP contribution >= 0.6 is 0 Å². The maximum Gasteiger partial charge on any atom is 0.338 e. The van der Waals surface area contributed by atoms with Crippen LogP contribution in [0.3, 0.4) is 0 Å². The van der Waals surface area contributed by atoms with Crippen LogP contribution in [0.25, 0.3) is 0 Å². The number of fused-ring (bicyclic) bond motifs is 1. The molecule has 160 valence electrons. The standard InChI is InChI=1S/C19H26N2O7S/c1-4-27-18(23)6-5-9-20-17(22)12-28-19(24)14-7-8-16-15(11-14)10-13(2)21(16)29(3,25)26/h7-8,11,13H,4-6,9-10,12H2,1-3H3,(H,20,22). The average Bonchev–Trinajstić information content (AvgIpc) is 2.98. The van der Waals surface area contributed by atoms with Crippen LogP contribution in [0.4, 0.5) is 5.69 Å². The third-order valence-corrected chi connectivity index (χ3v) is 5.62. The van der Waals surface area contributed by atoms with E-state index in [2.05, 4.69) is 5.32 Å². The van der Waals surface area contributed by atoms with Crippen LogP contribution in [-0.4, -0.2) is 58.3 Å². The Labute approximate surface area is 170 Å². The molecule has 9 nitrogen and oxygen atoms in total. The van der Waals surface area contributed by atoms with Crippen LogP contribution in [0.5, 0.6) is 0 Å². The van der Waals surface area contributed by atoms with Crippen molar-refractivity contribution in [2.75, 3.05) is 30.3 Å². The second-order valence-corrected chi connectivity index (χ2v) is 8.65. The van der Waals surface area contributed by atoms with Gasteiger partial charge in [-0.1, -0.05) is 0 Å². The number of ether oxygens (including phenoxy) is 2. The number of nitrogens with one attached hydrogen (secondary N) is 1. The highest BCUT2D eigenvalue weighted by Gasteiger charge is 2.32. The lowest BCUT2D eigenvalue weighted by Gasteiger charge is -2.21. The second kappa shape index (κ2) is 9.73. The van der Waals surface area contributed by atoms with Crippen LogP contribution in [-0.2, 0) is 35.5 Å². The molecule has 0 aliphatic carbocycles. The normalized spacial score (nSPS) is 15.6. The largest absolute Gasteiger partial charge is 0.466 e. The molecule has 0 aromatic heterocycles. The third kappa shape index (κ3) is 6.18. The second-order valence-electron chi connectivity index (χ2n) is 6.79. The first kappa shape index (κ1) is 22.7. The van der Waals surface area contributed by atoms with Crippen LogP contribution in [0.1, 0.15) is 42.6 Å². The van der Waals surface area contributed by atoms with E-state index in [1.807, 2.05) is 0 Å². The minimum atomic E-state index is -3.40. The van der Waals surface area contributed by atoms with E-state index in [0.717, 1.165) is 11.8 Å². The number of amides is 1. The molecule has 1 amide bonds.